The van der Waals surface area contributed by atoms with E-state index < -0.39 is 5.97 Å². The largest absolute Gasteiger partial charge is 0.477 e. The number of aromatic nitrogens is 1. The fourth-order valence-corrected chi connectivity index (χ4v) is 3.61. The number of halogens is 1. The molecule has 0 bridgehead atoms. The van der Waals surface area contributed by atoms with Crippen LogP contribution in [0.4, 0.5) is 0 Å². The normalized spacial score (nSPS) is 24.1. The first-order valence-corrected chi connectivity index (χ1v) is 7.73. The van der Waals surface area contributed by atoms with Gasteiger partial charge >= 0.3 is 5.97 Å². The van der Waals surface area contributed by atoms with E-state index in [1.54, 1.807) is 6.07 Å². The zero-order chi connectivity index (χ0) is 13.1. The van der Waals surface area contributed by atoms with E-state index in [2.05, 4.69) is 29.5 Å². The summed E-state index contributed by atoms with van der Waals surface area (Å²) in [7, 11) is 0. The van der Waals surface area contributed by atoms with Gasteiger partial charge in [-0.3, -0.25) is 0 Å². The van der Waals surface area contributed by atoms with E-state index in [1.807, 2.05) is 10.8 Å². The van der Waals surface area contributed by atoms with Crippen molar-refractivity contribution in [1.29, 1.82) is 0 Å². The van der Waals surface area contributed by atoms with Gasteiger partial charge in [-0.2, -0.15) is 0 Å². The fourth-order valence-electron chi connectivity index (χ4n) is 2.98. The second kappa shape index (κ2) is 6.08. The summed E-state index contributed by atoms with van der Waals surface area (Å²) < 4.78 is 2.89. The van der Waals surface area contributed by atoms with Crippen molar-refractivity contribution in [1.82, 2.24) is 4.57 Å². The van der Waals surface area contributed by atoms with E-state index in [-0.39, 0.29) is 0 Å². The average Bonchev–Trinajstić information content (AvgIpc) is 2.68. The molecular weight excluding hydrogens is 341 g/mol. The Labute approximate surface area is 122 Å². The Morgan fingerprint density at radius 2 is 2.33 bits per heavy atom. The summed E-state index contributed by atoms with van der Waals surface area (Å²) in [6.07, 6.45) is 8.36. The molecule has 1 aromatic heterocycles. The highest BCUT2D eigenvalue weighted by Crippen LogP contribution is 2.31. The lowest BCUT2D eigenvalue weighted by atomic mass is 9.81. The second-order valence-corrected chi connectivity index (χ2v) is 6.71. The number of hydrogen-bond donors (Lipinski definition) is 1. The van der Waals surface area contributed by atoms with E-state index in [9.17, 15) is 4.79 Å². The molecule has 2 atom stereocenters. The molecule has 1 saturated carbocycles. The van der Waals surface area contributed by atoms with E-state index in [4.69, 9.17) is 5.11 Å². The molecule has 0 aliphatic heterocycles. The average molecular weight is 361 g/mol. The quantitative estimate of drug-likeness (QED) is 0.824. The van der Waals surface area contributed by atoms with Crippen LogP contribution >= 0.6 is 22.6 Å². The van der Waals surface area contributed by atoms with Gasteiger partial charge in [-0.15, -0.1) is 0 Å². The van der Waals surface area contributed by atoms with Crippen molar-refractivity contribution in [2.45, 2.75) is 45.6 Å². The smallest absolute Gasteiger partial charge is 0.352 e. The Morgan fingerprint density at radius 3 is 3.00 bits per heavy atom. The van der Waals surface area contributed by atoms with Crippen LogP contribution in [0.2, 0.25) is 0 Å². The van der Waals surface area contributed by atoms with Crippen molar-refractivity contribution < 1.29 is 9.90 Å². The van der Waals surface area contributed by atoms with Crippen LogP contribution in [0.5, 0.6) is 0 Å². The molecule has 0 amide bonds. The van der Waals surface area contributed by atoms with Crippen molar-refractivity contribution >= 4 is 28.6 Å². The highest BCUT2D eigenvalue weighted by atomic mass is 127. The van der Waals surface area contributed by atoms with Gasteiger partial charge in [0.25, 0.3) is 0 Å². The van der Waals surface area contributed by atoms with Gasteiger partial charge in [0.2, 0.25) is 0 Å². The predicted octanol–water partition coefficient (Wildman–Crippen LogP) is 4.01. The molecule has 4 heteroatoms. The summed E-state index contributed by atoms with van der Waals surface area (Å²) in [6.45, 7) is 3.16. The number of carboxylic acids is 1. The molecule has 100 valence electrons. The van der Waals surface area contributed by atoms with Crippen LogP contribution in [-0.2, 0) is 6.54 Å². The van der Waals surface area contributed by atoms with Crippen LogP contribution in [-0.4, -0.2) is 15.6 Å². The van der Waals surface area contributed by atoms with E-state index in [0.29, 0.717) is 5.69 Å². The van der Waals surface area contributed by atoms with Crippen LogP contribution in [0.25, 0.3) is 0 Å². The fraction of sp³-hybridized carbons (Fsp3) is 0.643. The molecule has 18 heavy (non-hydrogen) atoms. The monoisotopic (exact) mass is 361 g/mol. The van der Waals surface area contributed by atoms with Crippen molar-refractivity contribution in [3.63, 3.8) is 0 Å². The van der Waals surface area contributed by atoms with E-state index >= 15 is 0 Å². The minimum absolute atomic E-state index is 0.420. The van der Waals surface area contributed by atoms with Gasteiger partial charge in [0.15, 0.2) is 0 Å². The second-order valence-electron chi connectivity index (χ2n) is 5.47. The number of aryl methyl sites for hydroxylation is 1. The van der Waals surface area contributed by atoms with Gasteiger partial charge in [-0.25, -0.2) is 4.79 Å². The Hall–Kier alpha value is -0.520. The van der Waals surface area contributed by atoms with Gasteiger partial charge < -0.3 is 9.67 Å². The Balaban J connectivity index is 1.95. The first-order chi connectivity index (χ1) is 8.56. The number of aromatic carboxylic acids is 1. The van der Waals surface area contributed by atoms with Gasteiger partial charge in [0.05, 0.1) is 0 Å². The Bertz CT molecular complexity index is 427. The summed E-state index contributed by atoms with van der Waals surface area (Å²) >= 11 is 2.17. The molecule has 1 heterocycles. The van der Waals surface area contributed by atoms with Gasteiger partial charge in [0.1, 0.15) is 5.69 Å². The SMILES string of the molecule is CC1CCCC(CCn2cc(I)cc2C(=O)O)C1. The van der Waals surface area contributed by atoms with Gasteiger partial charge in [0, 0.05) is 16.3 Å². The lowest BCUT2D eigenvalue weighted by Crippen LogP contribution is -2.16. The maximum absolute atomic E-state index is 11.1. The predicted molar refractivity (Wildman–Crippen MR) is 79.8 cm³/mol. The Kier molecular flexibility index (Phi) is 4.70. The minimum atomic E-state index is -0.824. The topological polar surface area (TPSA) is 42.2 Å². The molecule has 0 aromatic carbocycles. The molecule has 1 aliphatic rings. The summed E-state index contributed by atoms with van der Waals surface area (Å²) in [5.41, 5.74) is 0.420. The number of hydrogen-bond acceptors (Lipinski definition) is 1. The van der Waals surface area contributed by atoms with Gasteiger partial charge in [-0.05, 0) is 53.3 Å². The molecule has 1 aromatic rings. The first kappa shape index (κ1) is 13.9. The van der Waals surface area contributed by atoms with Crippen LogP contribution in [0.3, 0.4) is 0 Å². The maximum atomic E-state index is 11.1. The molecular formula is C14H20INO2. The lowest BCUT2D eigenvalue weighted by Gasteiger charge is -2.26. The molecule has 0 saturated heterocycles. The highest BCUT2D eigenvalue weighted by Gasteiger charge is 2.19. The Morgan fingerprint density at radius 1 is 1.56 bits per heavy atom. The van der Waals surface area contributed by atoms with Crippen molar-refractivity contribution in [2.24, 2.45) is 11.8 Å². The van der Waals surface area contributed by atoms with Crippen LogP contribution in [0.15, 0.2) is 12.3 Å². The van der Waals surface area contributed by atoms with Crippen LogP contribution < -0.4 is 0 Å². The maximum Gasteiger partial charge on any atom is 0.352 e. The summed E-state index contributed by atoms with van der Waals surface area (Å²) in [5, 5.41) is 9.13. The number of nitrogens with zero attached hydrogens (tertiary/aromatic N) is 1. The van der Waals surface area contributed by atoms with Crippen molar-refractivity contribution in [2.75, 3.05) is 0 Å². The molecule has 1 N–H and O–H groups in total. The third-order valence-corrected chi connectivity index (χ3v) is 4.50. The number of carboxylic acid groups (broad SMARTS) is 1. The molecule has 1 aliphatic carbocycles. The molecule has 2 unspecified atom stereocenters. The lowest BCUT2D eigenvalue weighted by molar-refractivity contribution is 0.0684. The molecule has 1 fully saturated rings. The zero-order valence-corrected chi connectivity index (χ0v) is 12.9. The van der Waals surface area contributed by atoms with Crippen LogP contribution in [0.1, 0.15) is 49.5 Å². The van der Waals surface area contributed by atoms with Crippen molar-refractivity contribution in [3.8, 4) is 0 Å². The molecule has 2 rings (SSSR count). The number of carbonyl (C=O) groups is 1. The highest BCUT2D eigenvalue weighted by molar-refractivity contribution is 14.1. The third kappa shape index (κ3) is 3.49. The molecule has 3 nitrogen and oxygen atoms in total. The van der Waals surface area contributed by atoms with Crippen LogP contribution in [0, 0.1) is 15.4 Å². The molecule has 0 radical (unpaired) electrons. The zero-order valence-electron chi connectivity index (χ0n) is 10.7. The molecule has 0 spiro atoms. The third-order valence-electron chi connectivity index (χ3n) is 3.91. The minimum Gasteiger partial charge on any atom is -0.477 e. The van der Waals surface area contributed by atoms with Gasteiger partial charge in [-0.1, -0.05) is 26.2 Å². The standard InChI is InChI=1S/C14H20INO2/c1-10-3-2-4-11(7-10)5-6-16-9-12(15)8-13(16)14(17)18/h8-11H,2-7H2,1H3,(H,17,18). The number of rotatable bonds is 4. The first-order valence-electron chi connectivity index (χ1n) is 6.65. The van der Waals surface area contributed by atoms with E-state index in [1.165, 1.54) is 25.7 Å². The van der Waals surface area contributed by atoms with E-state index in [0.717, 1.165) is 28.4 Å². The summed E-state index contributed by atoms with van der Waals surface area (Å²) in [6, 6.07) is 1.74. The summed E-state index contributed by atoms with van der Waals surface area (Å²) in [4.78, 5) is 11.1. The summed E-state index contributed by atoms with van der Waals surface area (Å²) in [5.74, 6) is 0.790. The van der Waals surface area contributed by atoms with Crippen molar-refractivity contribution in [3.05, 3.63) is 21.5 Å².